The number of hydrogen-bond acceptors (Lipinski definition) is 3. The maximum Gasteiger partial charge on any atom is 0.380 e. The van der Waals surface area contributed by atoms with E-state index >= 15 is 26.3 Å². The van der Waals surface area contributed by atoms with Crippen LogP contribution in [0.4, 0.5) is 26.3 Å². The molecule has 6 rings (SSSR count). The molecule has 0 N–H and O–H groups in total. The summed E-state index contributed by atoms with van der Waals surface area (Å²) in [5.41, 5.74) is -3.43. The molecule has 0 amide bonds. The Balaban J connectivity index is 1.83. The van der Waals surface area contributed by atoms with Gasteiger partial charge in [-0.2, -0.15) is 26.3 Å². The van der Waals surface area contributed by atoms with Gasteiger partial charge in [0.05, 0.1) is 17.3 Å². The minimum atomic E-state index is -5.76. The molecule has 2 atom stereocenters. The van der Waals surface area contributed by atoms with E-state index in [4.69, 9.17) is 0 Å². The van der Waals surface area contributed by atoms with Gasteiger partial charge in [-0.05, 0) is 41.3 Å². The summed E-state index contributed by atoms with van der Waals surface area (Å²) in [7, 11) is -7.67. The van der Waals surface area contributed by atoms with Crippen LogP contribution in [0.15, 0.2) is 95.1 Å². The summed E-state index contributed by atoms with van der Waals surface area (Å²) in [6.45, 7) is 6.53. The van der Waals surface area contributed by atoms with Crippen LogP contribution in [0.1, 0.15) is 18.1 Å². The van der Waals surface area contributed by atoms with Crippen LogP contribution in [0.3, 0.4) is 0 Å². The van der Waals surface area contributed by atoms with Crippen molar-refractivity contribution in [1.82, 2.24) is 0 Å². The Morgan fingerprint density at radius 1 is 0.700 bits per heavy atom. The Labute approximate surface area is 233 Å². The fourth-order valence-electron chi connectivity index (χ4n) is 6.78. The third-order valence-corrected chi connectivity index (χ3v) is 18.0. The predicted octanol–water partition coefficient (Wildman–Crippen LogP) is 8.15. The maximum absolute atomic E-state index is 15.8. The number of rotatable bonds is 3. The van der Waals surface area contributed by atoms with E-state index in [-0.39, 0.29) is 10.5 Å². The predicted molar refractivity (Wildman–Crippen MR) is 149 cm³/mol. The molecular formula is C29H24F6O2S2Si. The van der Waals surface area contributed by atoms with Gasteiger partial charge in [0.25, 0.3) is 0 Å². The van der Waals surface area contributed by atoms with E-state index in [2.05, 4.69) is 0 Å². The first kappa shape index (κ1) is 27.7. The first-order chi connectivity index (χ1) is 18.4. The molecule has 0 aromatic heterocycles. The number of allylic oxidation sites excluding steroid dienone is 4. The average molecular weight is 611 g/mol. The molecule has 0 saturated heterocycles. The van der Waals surface area contributed by atoms with Crippen molar-refractivity contribution in [1.29, 1.82) is 0 Å². The van der Waals surface area contributed by atoms with E-state index in [0.717, 1.165) is 17.8 Å². The molecule has 2 aromatic carbocycles. The molecule has 11 heteroatoms. The summed E-state index contributed by atoms with van der Waals surface area (Å²) < 4.78 is 118. The van der Waals surface area contributed by atoms with E-state index in [1.54, 1.807) is 68.2 Å². The fourth-order valence-corrected chi connectivity index (χ4v) is 16.1. The van der Waals surface area contributed by atoms with Crippen LogP contribution in [0.5, 0.6) is 0 Å². The second-order valence-electron chi connectivity index (χ2n) is 11.6. The molecular weight excluding hydrogens is 587 g/mol. The molecule has 0 spiro atoms. The number of alkyl halides is 6. The Morgan fingerprint density at radius 2 is 1.18 bits per heavy atom. The Kier molecular flexibility index (Phi) is 5.43. The van der Waals surface area contributed by atoms with Gasteiger partial charge in [0.2, 0.25) is 0 Å². The van der Waals surface area contributed by atoms with Crippen LogP contribution < -0.4 is 0 Å². The highest BCUT2D eigenvalue weighted by Gasteiger charge is 2.86. The van der Waals surface area contributed by atoms with E-state index < -0.39 is 67.1 Å². The van der Waals surface area contributed by atoms with Crippen molar-refractivity contribution in [3.63, 3.8) is 0 Å². The molecule has 2 aromatic rings. The second-order valence-corrected chi connectivity index (χ2v) is 20.8. The molecule has 4 aliphatic rings. The zero-order chi connectivity index (χ0) is 29.3. The Morgan fingerprint density at radius 3 is 1.68 bits per heavy atom. The molecule has 1 fully saturated rings. The van der Waals surface area contributed by atoms with Crippen LogP contribution >= 0.6 is 11.8 Å². The lowest BCUT2D eigenvalue weighted by molar-refractivity contribution is -0.258. The van der Waals surface area contributed by atoms with Crippen LogP contribution in [0, 0.1) is 0 Å². The first-order valence-corrected chi connectivity index (χ1v) is 18.3. The highest BCUT2D eigenvalue weighted by molar-refractivity contribution is 8.13. The second kappa shape index (κ2) is 7.86. The molecule has 2 unspecified atom stereocenters. The molecule has 2 heterocycles. The van der Waals surface area contributed by atoms with Crippen molar-refractivity contribution >= 4 is 39.5 Å². The van der Waals surface area contributed by atoms with E-state index in [1.807, 2.05) is 0 Å². The number of thioether (sulfide) groups is 1. The quantitative estimate of drug-likeness (QED) is 0.260. The lowest BCUT2D eigenvalue weighted by atomic mass is 9.77. The number of benzene rings is 2. The summed E-state index contributed by atoms with van der Waals surface area (Å²) >= 11 is 1.02. The topological polar surface area (TPSA) is 34.1 Å². The van der Waals surface area contributed by atoms with E-state index in [0.29, 0.717) is 10.5 Å². The van der Waals surface area contributed by atoms with Gasteiger partial charge in [0.15, 0.2) is 9.84 Å². The van der Waals surface area contributed by atoms with Crippen LogP contribution in [-0.2, 0) is 9.84 Å². The third kappa shape index (κ3) is 2.86. The highest BCUT2D eigenvalue weighted by Crippen LogP contribution is 2.75. The average Bonchev–Trinajstić information content (AvgIpc) is 3.42. The summed E-state index contributed by atoms with van der Waals surface area (Å²) in [5, 5.41) is 0. The zero-order valence-corrected chi connectivity index (χ0v) is 24.5. The molecule has 0 radical (unpaired) electrons. The van der Waals surface area contributed by atoms with Gasteiger partial charge in [0.1, 0.15) is 4.75 Å². The van der Waals surface area contributed by atoms with Crippen molar-refractivity contribution in [2.24, 2.45) is 0 Å². The lowest BCUT2D eigenvalue weighted by Gasteiger charge is -2.54. The maximum atomic E-state index is 15.8. The summed E-state index contributed by atoms with van der Waals surface area (Å²) in [5.74, 6) is -16.3. The van der Waals surface area contributed by atoms with Gasteiger partial charge >= 0.3 is 17.8 Å². The zero-order valence-electron chi connectivity index (χ0n) is 21.8. The van der Waals surface area contributed by atoms with Crippen molar-refractivity contribution in [2.75, 3.05) is 0 Å². The van der Waals surface area contributed by atoms with Crippen molar-refractivity contribution in [3.05, 3.63) is 106 Å². The molecule has 2 nitrogen and oxygen atoms in total. The molecule has 2 aliphatic heterocycles. The molecule has 0 bridgehead atoms. The monoisotopic (exact) mass is 610 g/mol. The molecule has 210 valence electrons. The molecule has 40 heavy (non-hydrogen) atoms. The smallest absolute Gasteiger partial charge is 0.223 e. The van der Waals surface area contributed by atoms with Gasteiger partial charge in [-0.15, -0.1) is 11.8 Å². The normalized spacial score (nSPS) is 30.9. The van der Waals surface area contributed by atoms with Crippen LogP contribution in [-0.4, -0.2) is 43.4 Å². The number of halogens is 6. The van der Waals surface area contributed by atoms with Gasteiger partial charge in [-0.25, -0.2) is 8.42 Å². The van der Waals surface area contributed by atoms with E-state index in [9.17, 15) is 8.42 Å². The third-order valence-electron chi connectivity index (χ3n) is 8.58. The number of fused-ring (bicyclic) bond motifs is 4. The van der Waals surface area contributed by atoms with Gasteiger partial charge in [-0.3, -0.25) is 0 Å². The van der Waals surface area contributed by atoms with Crippen molar-refractivity contribution in [2.45, 2.75) is 53.4 Å². The van der Waals surface area contributed by atoms with Crippen LogP contribution in [0.25, 0.3) is 9.81 Å². The molecule has 2 aliphatic carbocycles. The minimum Gasteiger partial charge on any atom is -0.223 e. The Hall–Kier alpha value is -2.50. The fraction of sp³-hybridized carbons (Fsp3) is 0.310. The molecule has 1 saturated carbocycles. The minimum absolute atomic E-state index is 0.166. The first-order valence-electron chi connectivity index (χ1n) is 12.5. The summed E-state index contributed by atoms with van der Waals surface area (Å²) in [6.07, 6.45) is 2.18. The van der Waals surface area contributed by atoms with Crippen molar-refractivity contribution in [3.8, 4) is 0 Å². The number of hydrogen-bond donors (Lipinski definition) is 0. The summed E-state index contributed by atoms with van der Waals surface area (Å²) in [4.78, 5) is 0.0180. The lowest BCUT2D eigenvalue weighted by Crippen LogP contribution is -2.67. The number of sulfone groups is 1. The highest BCUT2D eigenvalue weighted by atomic mass is 32.2. The largest absolute Gasteiger partial charge is 0.380 e. The van der Waals surface area contributed by atoms with Gasteiger partial charge < -0.3 is 0 Å². The summed E-state index contributed by atoms with van der Waals surface area (Å²) in [6, 6.07) is 16.2. The van der Waals surface area contributed by atoms with Crippen LogP contribution in [0.2, 0.25) is 19.6 Å². The van der Waals surface area contributed by atoms with Gasteiger partial charge in [-0.1, -0.05) is 80.3 Å². The Bertz CT molecular complexity index is 1700. The SMILES string of the molecule is CC12C(=C3C(=C4C=C(c5ccccc5)SC41[Si](C)(C)C)C(F)(F)C(F)(F)C3(F)F)C=C(c1ccccc1)S2(=O)=O. The van der Waals surface area contributed by atoms with E-state index in [1.165, 1.54) is 25.1 Å². The van der Waals surface area contributed by atoms with Gasteiger partial charge in [0, 0.05) is 16.1 Å². The van der Waals surface area contributed by atoms with Crippen molar-refractivity contribution < 1.29 is 34.8 Å². The standard InChI is InChI=1S/C29H24F6O2S2Si/c1-25-19(16-22(39(25,36)37)18-13-9-6-10-14-18)23-24(27(32,33)29(34,35)26(23,30)31)20-15-21(17-11-7-5-8-12-17)38-28(20,25)40(2,3)4/h5-16H,1-4H3.